The van der Waals surface area contributed by atoms with E-state index in [0.29, 0.717) is 13.0 Å². The number of rotatable bonds is 4. The number of hydrogen-bond donors (Lipinski definition) is 1. The van der Waals surface area contributed by atoms with Crippen LogP contribution in [0.3, 0.4) is 0 Å². The van der Waals surface area contributed by atoms with Crippen molar-refractivity contribution < 1.29 is 5.11 Å². The molecule has 2 atom stereocenters. The van der Waals surface area contributed by atoms with Gasteiger partial charge in [0.05, 0.1) is 18.6 Å². The smallest absolute Gasteiger partial charge is 0.0639 e. The first-order valence-electron chi connectivity index (χ1n) is 3.83. The third-order valence-corrected chi connectivity index (χ3v) is 1.69. The fourth-order valence-electron chi connectivity index (χ4n) is 0.885. The van der Waals surface area contributed by atoms with Crippen molar-refractivity contribution >= 4 is 0 Å². The predicted molar refractivity (Wildman–Crippen MR) is 44.0 cm³/mol. The lowest BCUT2D eigenvalue weighted by molar-refractivity contribution is 0.122. The van der Waals surface area contributed by atoms with Crippen LogP contribution in [0.1, 0.15) is 20.3 Å². The molecule has 0 aliphatic carbocycles. The molecule has 0 heterocycles. The zero-order valence-electron chi connectivity index (χ0n) is 7.41. The normalized spacial score (nSPS) is 16.0. The van der Waals surface area contributed by atoms with E-state index >= 15 is 0 Å². The first-order chi connectivity index (χ1) is 5.07. The Hall–Kier alpha value is -0.590. The molecule has 11 heavy (non-hydrogen) atoms. The monoisotopic (exact) mass is 156 g/mol. The molecule has 64 valence electrons. The number of nitrogens with zero attached hydrogens (tertiary/aromatic N) is 2. The second-order valence-electron chi connectivity index (χ2n) is 3.00. The molecule has 0 amide bonds. The third-order valence-electron chi connectivity index (χ3n) is 1.69. The summed E-state index contributed by atoms with van der Waals surface area (Å²) in [6.45, 7) is 4.35. The highest BCUT2D eigenvalue weighted by Crippen LogP contribution is 2.00. The number of aliphatic hydroxyl groups is 1. The molecule has 0 aromatic heterocycles. The SMILES string of the molecule is CC(CC#N)N(C)C[C@H](C)O. The van der Waals surface area contributed by atoms with Crippen LogP contribution in [0.15, 0.2) is 0 Å². The summed E-state index contributed by atoms with van der Waals surface area (Å²) in [4.78, 5) is 1.98. The summed E-state index contributed by atoms with van der Waals surface area (Å²) in [5.41, 5.74) is 0. The van der Waals surface area contributed by atoms with Gasteiger partial charge >= 0.3 is 0 Å². The van der Waals surface area contributed by atoms with Crippen molar-refractivity contribution in [2.75, 3.05) is 13.6 Å². The van der Waals surface area contributed by atoms with Crippen molar-refractivity contribution in [3.63, 3.8) is 0 Å². The van der Waals surface area contributed by atoms with Crippen LogP contribution >= 0.6 is 0 Å². The molecule has 0 aromatic carbocycles. The highest BCUT2D eigenvalue weighted by atomic mass is 16.3. The van der Waals surface area contributed by atoms with E-state index in [2.05, 4.69) is 6.07 Å². The molecule has 0 saturated carbocycles. The second kappa shape index (κ2) is 5.11. The Morgan fingerprint density at radius 2 is 2.09 bits per heavy atom. The molecule has 0 radical (unpaired) electrons. The van der Waals surface area contributed by atoms with Gasteiger partial charge in [-0.05, 0) is 20.9 Å². The lowest BCUT2D eigenvalue weighted by Gasteiger charge is -2.23. The maximum Gasteiger partial charge on any atom is 0.0639 e. The number of aliphatic hydroxyl groups excluding tert-OH is 1. The molecular weight excluding hydrogens is 140 g/mol. The fraction of sp³-hybridized carbons (Fsp3) is 0.875. The molecule has 0 aliphatic rings. The van der Waals surface area contributed by atoms with E-state index in [1.165, 1.54) is 0 Å². The largest absolute Gasteiger partial charge is 0.392 e. The molecule has 3 heteroatoms. The molecular formula is C8H16N2O. The van der Waals surface area contributed by atoms with Gasteiger partial charge in [-0.25, -0.2) is 0 Å². The topological polar surface area (TPSA) is 47.3 Å². The Morgan fingerprint density at radius 1 is 1.55 bits per heavy atom. The van der Waals surface area contributed by atoms with Crippen LogP contribution in [0.2, 0.25) is 0 Å². The van der Waals surface area contributed by atoms with Gasteiger partial charge in [-0.1, -0.05) is 0 Å². The minimum Gasteiger partial charge on any atom is -0.392 e. The minimum atomic E-state index is -0.318. The third kappa shape index (κ3) is 4.77. The van der Waals surface area contributed by atoms with E-state index in [-0.39, 0.29) is 12.1 Å². The van der Waals surface area contributed by atoms with Gasteiger partial charge in [-0.15, -0.1) is 0 Å². The molecule has 0 saturated heterocycles. The van der Waals surface area contributed by atoms with E-state index in [9.17, 15) is 0 Å². The molecule has 3 nitrogen and oxygen atoms in total. The summed E-state index contributed by atoms with van der Waals surface area (Å²) >= 11 is 0. The average molecular weight is 156 g/mol. The van der Waals surface area contributed by atoms with E-state index in [1.807, 2.05) is 18.9 Å². The summed E-state index contributed by atoms with van der Waals surface area (Å²) in [5, 5.41) is 17.4. The molecule has 0 bridgehead atoms. The number of nitriles is 1. The molecule has 0 rings (SSSR count). The van der Waals surface area contributed by atoms with E-state index in [4.69, 9.17) is 10.4 Å². The predicted octanol–water partition coefficient (Wildman–Crippen LogP) is 0.601. The summed E-state index contributed by atoms with van der Waals surface area (Å²) in [5.74, 6) is 0. The molecule has 0 spiro atoms. The van der Waals surface area contributed by atoms with Crippen molar-refractivity contribution in [3.8, 4) is 6.07 Å². The van der Waals surface area contributed by atoms with Crippen LogP contribution in [0.5, 0.6) is 0 Å². The summed E-state index contributed by atoms with van der Waals surface area (Å²) < 4.78 is 0. The number of hydrogen-bond acceptors (Lipinski definition) is 3. The minimum absolute atomic E-state index is 0.231. The fourth-order valence-corrected chi connectivity index (χ4v) is 0.885. The van der Waals surface area contributed by atoms with Gasteiger partial charge in [0.2, 0.25) is 0 Å². The second-order valence-corrected chi connectivity index (χ2v) is 3.00. The van der Waals surface area contributed by atoms with Gasteiger partial charge in [-0.2, -0.15) is 5.26 Å². The van der Waals surface area contributed by atoms with Crippen molar-refractivity contribution in [1.82, 2.24) is 4.90 Å². The Labute approximate surface area is 68.2 Å². The Bertz CT molecular complexity index is 140. The highest BCUT2D eigenvalue weighted by molar-refractivity contribution is 4.78. The molecule has 1 unspecified atom stereocenters. The summed E-state index contributed by atoms with van der Waals surface area (Å²) in [6.07, 6.45) is 0.199. The van der Waals surface area contributed by atoms with Crippen LogP contribution in [0.25, 0.3) is 0 Å². The zero-order valence-corrected chi connectivity index (χ0v) is 7.41. The van der Waals surface area contributed by atoms with Crippen molar-refractivity contribution in [2.45, 2.75) is 32.4 Å². The Kier molecular flexibility index (Phi) is 4.84. The quantitative estimate of drug-likeness (QED) is 0.648. The molecule has 0 fully saturated rings. The lowest BCUT2D eigenvalue weighted by Crippen LogP contribution is -2.34. The van der Waals surface area contributed by atoms with Gasteiger partial charge in [0.1, 0.15) is 0 Å². The maximum absolute atomic E-state index is 9.02. The first kappa shape index (κ1) is 10.4. The first-order valence-corrected chi connectivity index (χ1v) is 3.83. The van der Waals surface area contributed by atoms with Crippen LogP contribution in [0.4, 0.5) is 0 Å². The van der Waals surface area contributed by atoms with E-state index < -0.39 is 0 Å². The van der Waals surface area contributed by atoms with Gasteiger partial charge in [0.15, 0.2) is 0 Å². The Balaban J connectivity index is 3.65. The molecule has 0 aliphatic heterocycles. The molecule has 1 N–H and O–H groups in total. The standard InChI is InChI=1S/C8H16N2O/c1-7(4-5-9)10(3)6-8(2)11/h7-8,11H,4,6H2,1-3H3/t7?,8-/m0/s1. The average Bonchev–Trinajstić information content (AvgIpc) is 1.86. The van der Waals surface area contributed by atoms with E-state index in [1.54, 1.807) is 6.92 Å². The highest BCUT2D eigenvalue weighted by Gasteiger charge is 2.09. The van der Waals surface area contributed by atoms with Crippen LogP contribution in [-0.4, -0.2) is 35.7 Å². The van der Waals surface area contributed by atoms with Gasteiger partial charge < -0.3 is 10.0 Å². The Morgan fingerprint density at radius 3 is 2.45 bits per heavy atom. The van der Waals surface area contributed by atoms with Crippen molar-refractivity contribution in [2.24, 2.45) is 0 Å². The van der Waals surface area contributed by atoms with E-state index in [0.717, 1.165) is 0 Å². The summed E-state index contributed by atoms with van der Waals surface area (Å²) in [7, 11) is 1.91. The van der Waals surface area contributed by atoms with Crippen molar-refractivity contribution in [3.05, 3.63) is 0 Å². The van der Waals surface area contributed by atoms with Gasteiger partial charge in [0, 0.05) is 12.6 Å². The van der Waals surface area contributed by atoms with Gasteiger partial charge in [0.25, 0.3) is 0 Å². The van der Waals surface area contributed by atoms with Crippen LogP contribution in [-0.2, 0) is 0 Å². The number of likely N-dealkylation sites (N-methyl/N-ethyl adjacent to an activating group) is 1. The summed E-state index contributed by atoms with van der Waals surface area (Å²) in [6, 6.07) is 2.33. The van der Waals surface area contributed by atoms with Crippen LogP contribution in [0, 0.1) is 11.3 Å². The lowest BCUT2D eigenvalue weighted by atomic mass is 10.2. The zero-order chi connectivity index (χ0) is 8.85. The maximum atomic E-state index is 9.02. The van der Waals surface area contributed by atoms with Crippen molar-refractivity contribution in [1.29, 1.82) is 5.26 Å². The molecule has 0 aromatic rings. The van der Waals surface area contributed by atoms with Crippen LogP contribution < -0.4 is 0 Å². The van der Waals surface area contributed by atoms with Gasteiger partial charge in [-0.3, -0.25) is 0 Å².